The first-order valence-corrected chi connectivity index (χ1v) is 7.05. The minimum Gasteiger partial charge on any atom is -0.367 e. The van der Waals surface area contributed by atoms with Crippen LogP contribution < -0.4 is 0 Å². The molecular formula is C13H22ClNO2. The van der Waals surface area contributed by atoms with Gasteiger partial charge in [-0.15, -0.1) is 11.6 Å². The Kier molecular flexibility index (Phi) is 3.99. The molecule has 98 valence electrons. The molecule has 2 aliphatic rings. The van der Waals surface area contributed by atoms with Gasteiger partial charge >= 0.3 is 0 Å². The van der Waals surface area contributed by atoms with Gasteiger partial charge in [-0.05, 0) is 32.6 Å². The lowest BCUT2D eigenvalue weighted by molar-refractivity contribution is -0.158. The Labute approximate surface area is 108 Å². The molecule has 4 heteroatoms. The Bertz CT molecular complexity index is 289. The summed E-state index contributed by atoms with van der Waals surface area (Å²) in [5, 5.41) is 0. The number of halogens is 1. The molecule has 0 aromatic carbocycles. The zero-order valence-electron chi connectivity index (χ0n) is 10.7. The Morgan fingerprint density at radius 1 is 1.47 bits per heavy atom. The maximum Gasteiger partial charge on any atom is 0.223 e. The smallest absolute Gasteiger partial charge is 0.223 e. The number of carbonyl (C=O) groups is 1. The van der Waals surface area contributed by atoms with E-state index in [1.165, 1.54) is 19.3 Å². The molecule has 17 heavy (non-hydrogen) atoms. The highest BCUT2D eigenvalue weighted by atomic mass is 35.5. The number of hydrogen-bond donors (Lipinski definition) is 0. The van der Waals surface area contributed by atoms with Gasteiger partial charge in [-0.2, -0.15) is 0 Å². The molecule has 1 atom stereocenters. The lowest BCUT2D eigenvalue weighted by Crippen LogP contribution is -2.55. The Balaban J connectivity index is 1.91. The number of amides is 1. The summed E-state index contributed by atoms with van der Waals surface area (Å²) in [6, 6.07) is 0. The summed E-state index contributed by atoms with van der Waals surface area (Å²) in [5.74, 6) is 1.36. The van der Waals surface area contributed by atoms with Crippen molar-refractivity contribution in [1.29, 1.82) is 0 Å². The van der Waals surface area contributed by atoms with Gasteiger partial charge in [-0.1, -0.05) is 6.42 Å². The van der Waals surface area contributed by atoms with Crippen LogP contribution in [0.4, 0.5) is 0 Å². The van der Waals surface area contributed by atoms with E-state index < -0.39 is 0 Å². The summed E-state index contributed by atoms with van der Waals surface area (Å²) in [4.78, 5) is 14.1. The third-order valence-electron chi connectivity index (χ3n) is 3.69. The molecule has 1 amide bonds. The molecular weight excluding hydrogens is 238 g/mol. The number of alkyl halides is 1. The summed E-state index contributed by atoms with van der Waals surface area (Å²) >= 11 is 5.86. The number of nitrogens with zero attached hydrogens (tertiary/aromatic N) is 1. The second kappa shape index (κ2) is 5.15. The van der Waals surface area contributed by atoms with Gasteiger partial charge in [-0.25, -0.2) is 0 Å². The second-order valence-corrected chi connectivity index (χ2v) is 6.24. The van der Waals surface area contributed by atoms with Gasteiger partial charge in [0.15, 0.2) is 0 Å². The third-order valence-corrected chi connectivity index (χ3v) is 4.04. The highest BCUT2D eigenvalue weighted by molar-refractivity contribution is 6.18. The molecule has 0 radical (unpaired) electrons. The average Bonchev–Trinajstić information content (AvgIpc) is 2.20. The Morgan fingerprint density at radius 3 is 2.71 bits per heavy atom. The van der Waals surface area contributed by atoms with Crippen molar-refractivity contribution in [2.45, 2.75) is 51.2 Å². The SMILES string of the molecule is CC1(C)CN(C(=O)CC2CCC2)CC(CCl)O1. The number of hydrogen-bond acceptors (Lipinski definition) is 2. The summed E-state index contributed by atoms with van der Waals surface area (Å²) in [7, 11) is 0. The molecule has 0 bridgehead atoms. The Morgan fingerprint density at radius 2 is 2.18 bits per heavy atom. The van der Waals surface area contributed by atoms with Gasteiger partial charge in [0.25, 0.3) is 0 Å². The number of morpholine rings is 1. The first kappa shape index (κ1) is 13.2. The average molecular weight is 260 g/mol. The van der Waals surface area contributed by atoms with Gasteiger partial charge in [0.2, 0.25) is 5.91 Å². The fourth-order valence-corrected chi connectivity index (χ4v) is 2.80. The fraction of sp³-hybridized carbons (Fsp3) is 0.923. The lowest BCUT2D eigenvalue weighted by atomic mass is 9.82. The first-order valence-electron chi connectivity index (χ1n) is 6.52. The minimum absolute atomic E-state index is 0.0224. The second-order valence-electron chi connectivity index (χ2n) is 5.93. The zero-order chi connectivity index (χ0) is 12.5. The molecule has 0 aromatic heterocycles. The predicted octanol–water partition coefficient (Wildman–Crippen LogP) is 2.42. The van der Waals surface area contributed by atoms with Crippen LogP contribution in [0.15, 0.2) is 0 Å². The van der Waals surface area contributed by atoms with Crippen LogP contribution in [0, 0.1) is 5.92 Å². The minimum atomic E-state index is -0.271. The van der Waals surface area contributed by atoms with Gasteiger partial charge in [-0.3, -0.25) is 4.79 Å². The van der Waals surface area contributed by atoms with Crippen molar-refractivity contribution in [2.75, 3.05) is 19.0 Å². The van der Waals surface area contributed by atoms with E-state index in [1.54, 1.807) is 0 Å². The van der Waals surface area contributed by atoms with E-state index in [-0.39, 0.29) is 17.6 Å². The van der Waals surface area contributed by atoms with E-state index in [0.717, 1.165) is 0 Å². The van der Waals surface area contributed by atoms with E-state index in [1.807, 2.05) is 18.7 Å². The van der Waals surface area contributed by atoms with Gasteiger partial charge in [0.05, 0.1) is 17.6 Å². The number of ether oxygens (including phenoxy) is 1. The van der Waals surface area contributed by atoms with Crippen molar-refractivity contribution < 1.29 is 9.53 Å². The maximum atomic E-state index is 12.2. The van der Waals surface area contributed by atoms with Crippen molar-refractivity contribution >= 4 is 17.5 Å². The largest absolute Gasteiger partial charge is 0.367 e. The maximum absolute atomic E-state index is 12.2. The van der Waals surface area contributed by atoms with Crippen LogP contribution in [0.3, 0.4) is 0 Å². The third kappa shape index (κ3) is 3.35. The summed E-state index contributed by atoms with van der Waals surface area (Å²) in [5.41, 5.74) is -0.271. The highest BCUT2D eigenvalue weighted by Gasteiger charge is 2.36. The van der Waals surface area contributed by atoms with E-state index in [2.05, 4.69) is 0 Å². The van der Waals surface area contributed by atoms with Crippen molar-refractivity contribution in [1.82, 2.24) is 4.90 Å². The molecule has 1 saturated carbocycles. The quantitative estimate of drug-likeness (QED) is 0.729. The van der Waals surface area contributed by atoms with Crippen molar-refractivity contribution in [2.24, 2.45) is 5.92 Å². The van der Waals surface area contributed by atoms with Gasteiger partial charge < -0.3 is 9.64 Å². The van der Waals surface area contributed by atoms with E-state index >= 15 is 0 Å². The van der Waals surface area contributed by atoms with Crippen LogP contribution in [0.25, 0.3) is 0 Å². The molecule has 0 spiro atoms. The molecule has 0 N–H and O–H groups in total. The molecule has 1 saturated heterocycles. The van der Waals surface area contributed by atoms with Gasteiger partial charge in [0, 0.05) is 19.5 Å². The van der Waals surface area contributed by atoms with Crippen LogP contribution in [-0.4, -0.2) is 41.5 Å². The van der Waals surface area contributed by atoms with Crippen LogP contribution in [0.1, 0.15) is 39.5 Å². The van der Waals surface area contributed by atoms with Crippen LogP contribution in [0.5, 0.6) is 0 Å². The van der Waals surface area contributed by atoms with Crippen LogP contribution in [-0.2, 0) is 9.53 Å². The summed E-state index contributed by atoms with van der Waals surface area (Å²) < 4.78 is 5.82. The van der Waals surface area contributed by atoms with Crippen LogP contribution >= 0.6 is 11.6 Å². The lowest BCUT2D eigenvalue weighted by Gasteiger charge is -2.43. The molecule has 1 heterocycles. The van der Waals surface area contributed by atoms with E-state index in [9.17, 15) is 4.79 Å². The number of carbonyl (C=O) groups excluding carboxylic acids is 1. The number of rotatable bonds is 3. The topological polar surface area (TPSA) is 29.5 Å². The molecule has 1 aliphatic heterocycles. The molecule has 2 rings (SSSR count). The molecule has 0 aromatic rings. The molecule has 3 nitrogen and oxygen atoms in total. The zero-order valence-corrected chi connectivity index (χ0v) is 11.5. The summed E-state index contributed by atoms with van der Waals surface area (Å²) in [6.45, 7) is 5.38. The van der Waals surface area contributed by atoms with Crippen molar-refractivity contribution in [3.8, 4) is 0 Å². The standard InChI is InChI=1S/C13H22ClNO2/c1-13(2)9-15(8-11(7-14)17-13)12(16)6-10-4-3-5-10/h10-11H,3-9H2,1-2H3. The van der Waals surface area contributed by atoms with Crippen molar-refractivity contribution in [3.63, 3.8) is 0 Å². The van der Waals surface area contributed by atoms with Crippen LogP contribution in [0.2, 0.25) is 0 Å². The van der Waals surface area contributed by atoms with E-state index in [4.69, 9.17) is 16.3 Å². The van der Waals surface area contributed by atoms with Gasteiger partial charge in [0.1, 0.15) is 0 Å². The normalized spacial score (nSPS) is 28.9. The molecule has 1 aliphatic carbocycles. The van der Waals surface area contributed by atoms with Crippen molar-refractivity contribution in [3.05, 3.63) is 0 Å². The highest BCUT2D eigenvalue weighted by Crippen LogP contribution is 2.31. The predicted molar refractivity (Wildman–Crippen MR) is 68.2 cm³/mol. The molecule has 2 fully saturated rings. The molecule has 1 unspecified atom stereocenters. The fourth-order valence-electron chi connectivity index (χ4n) is 2.64. The Hall–Kier alpha value is -0.280. The monoisotopic (exact) mass is 259 g/mol. The summed E-state index contributed by atoms with van der Waals surface area (Å²) in [6.07, 6.45) is 4.42. The van der Waals surface area contributed by atoms with E-state index in [0.29, 0.717) is 31.3 Å². The first-order chi connectivity index (χ1) is 8.00.